The summed E-state index contributed by atoms with van der Waals surface area (Å²) in [6, 6.07) is 8.26. The average molecular weight is 292 g/mol. The number of rotatable bonds is 5. The van der Waals surface area contributed by atoms with Gasteiger partial charge in [0.2, 0.25) is 0 Å². The fourth-order valence-electron chi connectivity index (χ4n) is 2.01. The van der Waals surface area contributed by atoms with Gasteiger partial charge in [-0.15, -0.1) is 11.3 Å². The molecule has 0 amide bonds. The van der Waals surface area contributed by atoms with Gasteiger partial charge in [0.1, 0.15) is 0 Å². The molecule has 0 aliphatic heterocycles. The number of halogens is 1. The van der Waals surface area contributed by atoms with Gasteiger partial charge < -0.3 is 9.88 Å². The number of nitrogens with zero attached hydrogens (tertiary/aromatic N) is 2. The molecule has 1 N–H and O–H groups in total. The lowest BCUT2D eigenvalue weighted by Gasteiger charge is -2.04. The maximum Gasteiger partial charge on any atom is 0.0946 e. The van der Waals surface area contributed by atoms with E-state index in [1.165, 1.54) is 9.58 Å². The lowest BCUT2D eigenvalue weighted by molar-refractivity contribution is 0.600. The second-order valence-corrected chi connectivity index (χ2v) is 5.83. The molecule has 0 aliphatic rings. The molecule has 98 valence electrons. The Kier molecular flexibility index (Phi) is 3.82. The van der Waals surface area contributed by atoms with Crippen LogP contribution in [0.5, 0.6) is 0 Å². The second kappa shape index (κ2) is 5.74. The molecule has 2 heterocycles. The Bertz CT molecular complexity index is 660. The molecule has 2 aromatic heterocycles. The molecule has 1 aromatic carbocycles. The fourth-order valence-corrected chi connectivity index (χ4v) is 3.48. The van der Waals surface area contributed by atoms with Crippen LogP contribution >= 0.6 is 22.9 Å². The zero-order chi connectivity index (χ0) is 13.1. The van der Waals surface area contributed by atoms with Crippen LogP contribution in [0.4, 0.5) is 0 Å². The van der Waals surface area contributed by atoms with Gasteiger partial charge in [0.05, 0.1) is 11.3 Å². The summed E-state index contributed by atoms with van der Waals surface area (Å²) in [5.41, 5.74) is 0. The summed E-state index contributed by atoms with van der Waals surface area (Å²) >= 11 is 8.15. The smallest absolute Gasteiger partial charge is 0.0946 e. The van der Waals surface area contributed by atoms with Crippen LogP contribution < -0.4 is 5.32 Å². The first-order chi connectivity index (χ1) is 9.34. The minimum absolute atomic E-state index is 0.812. The molecule has 19 heavy (non-hydrogen) atoms. The van der Waals surface area contributed by atoms with Crippen LogP contribution in [-0.4, -0.2) is 16.1 Å². The highest BCUT2D eigenvalue weighted by molar-refractivity contribution is 7.19. The Hall–Kier alpha value is -1.36. The highest BCUT2D eigenvalue weighted by Crippen LogP contribution is 2.34. The zero-order valence-corrected chi connectivity index (χ0v) is 11.9. The first-order valence-corrected chi connectivity index (χ1v) is 7.36. The van der Waals surface area contributed by atoms with Crippen molar-refractivity contribution in [1.29, 1.82) is 0 Å². The predicted molar refractivity (Wildman–Crippen MR) is 80.8 cm³/mol. The van der Waals surface area contributed by atoms with Crippen molar-refractivity contribution in [3.8, 4) is 0 Å². The van der Waals surface area contributed by atoms with Crippen LogP contribution in [0.2, 0.25) is 5.02 Å². The molecular weight excluding hydrogens is 278 g/mol. The van der Waals surface area contributed by atoms with E-state index in [1.807, 2.05) is 24.7 Å². The summed E-state index contributed by atoms with van der Waals surface area (Å²) in [5.74, 6) is 0. The highest BCUT2D eigenvalue weighted by atomic mass is 35.5. The van der Waals surface area contributed by atoms with Gasteiger partial charge >= 0.3 is 0 Å². The molecule has 0 spiro atoms. The van der Waals surface area contributed by atoms with Crippen LogP contribution in [0.25, 0.3) is 10.1 Å². The van der Waals surface area contributed by atoms with Gasteiger partial charge in [0.25, 0.3) is 0 Å². The van der Waals surface area contributed by atoms with E-state index in [1.54, 1.807) is 17.5 Å². The van der Waals surface area contributed by atoms with Crippen molar-refractivity contribution in [2.24, 2.45) is 0 Å². The first-order valence-electron chi connectivity index (χ1n) is 6.17. The monoisotopic (exact) mass is 291 g/mol. The Labute approximate surface area is 120 Å². The molecule has 3 aromatic rings. The normalized spacial score (nSPS) is 11.2. The summed E-state index contributed by atoms with van der Waals surface area (Å²) in [5, 5.41) is 5.46. The zero-order valence-electron chi connectivity index (χ0n) is 10.3. The van der Waals surface area contributed by atoms with Crippen LogP contribution in [0.15, 0.2) is 43.0 Å². The van der Waals surface area contributed by atoms with Crippen molar-refractivity contribution in [2.45, 2.75) is 13.1 Å². The largest absolute Gasteiger partial charge is 0.336 e. The van der Waals surface area contributed by atoms with Gasteiger partial charge in [-0.05, 0) is 6.07 Å². The second-order valence-electron chi connectivity index (χ2n) is 4.31. The Morgan fingerprint density at radius 3 is 3.00 bits per heavy atom. The number of thiophene rings is 1. The van der Waals surface area contributed by atoms with Crippen molar-refractivity contribution in [3.63, 3.8) is 0 Å². The fraction of sp³-hybridized carbons (Fsp3) is 0.214. The predicted octanol–water partition coefficient (Wildman–Crippen LogP) is 3.54. The molecule has 0 fully saturated rings. The summed E-state index contributed by atoms with van der Waals surface area (Å²) in [6.45, 7) is 2.64. The SMILES string of the molecule is Clc1c(CNCCn2ccnc2)sc2ccccc12. The van der Waals surface area contributed by atoms with Gasteiger partial charge in [0, 0.05) is 47.0 Å². The van der Waals surface area contributed by atoms with Gasteiger partial charge in [-0.3, -0.25) is 0 Å². The molecule has 0 bridgehead atoms. The van der Waals surface area contributed by atoms with Crippen molar-refractivity contribution in [1.82, 2.24) is 14.9 Å². The van der Waals surface area contributed by atoms with E-state index in [0.29, 0.717) is 0 Å². The molecule has 0 atom stereocenters. The van der Waals surface area contributed by atoms with E-state index in [2.05, 4.69) is 27.0 Å². The Morgan fingerprint density at radius 2 is 2.21 bits per heavy atom. The van der Waals surface area contributed by atoms with Crippen molar-refractivity contribution in [2.75, 3.05) is 6.54 Å². The summed E-state index contributed by atoms with van der Waals surface area (Å²) in [6.07, 6.45) is 5.59. The third kappa shape index (κ3) is 2.81. The molecule has 0 saturated carbocycles. The van der Waals surface area contributed by atoms with Gasteiger partial charge in [-0.2, -0.15) is 0 Å². The van der Waals surface area contributed by atoms with Crippen LogP contribution in [-0.2, 0) is 13.1 Å². The van der Waals surface area contributed by atoms with Gasteiger partial charge in [-0.25, -0.2) is 4.98 Å². The molecule has 0 radical (unpaired) electrons. The van der Waals surface area contributed by atoms with Crippen LogP contribution in [0.3, 0.4) is 0 Å². The molecule has 0 unspecified atom stereocenters. The quantitative estimate of drug-likeness (QED) is 0.729. The maximum atomic E-state index is 6.39. The standard InChI is InChI=1S/C14H14ClN3S/c15-14-11-3-1-2-4-12(11)19-13(14)9-16-5-7-18-8-6-17-10-18/h1-4,6,8,10,16H,5,7,9H2. The van der Waals surface area contributed by atoms with Gasteiger partial charge in [-0.1, -0.05) is 29.8 Å². The van der Waals surface area contributed by atoms with E-state index in [0.717, 1.165) is 30.0 Å². The highest BCUT2D eigenvalue weighted by Gasteiger charge is 2.08. The summed E-state index contributed by atoms with van der Waals surface area (Å²) in [4.78, 5) is 5.22. The van der Waals surface area contributed by atoms with E-state index in [4.69, 9.17) is 11.6 Å². The van der Waals surface area contributed by atoms with Crippen molar-refractivity contribution < 1.29 is 0 Å². The van der Waals surface area contributed by atoms with E-state index >= 15 is 0 Å². The van der Waals surface area contributed by atoms with Crippen molar-refractivity contribution in [3.05, 3.63) is 52.9 Å². The number of fused-ring (bicyclic) bond motifs is 1. The topological polar surface area (TPSA) is 29.9 Å². The summed E-state index contributed by atoms with van der Waals surface area (Å²) in [7, 11) is 0. The number of benzene rings is 1. The summed E-state index contributed by atoms with van der Waals surface area (Å²) < 4.78 is 3.30. The number of hydrogen-bond donors (Lipinski definition) is 1. The van der Waals surface area contributed by atoms with Gasteiger partial charge in [0.15, 0.2) is 0 Å². The molecule has 3 nitrogen and oxygen atoms in total. The van der Waals surface area contributed by atoms with Crippen molar-refractivity contribution >= 4 is 33.0 Å². The lowest BCUT2D eigenvalue weighted by Crippen LogP contribution is -2.18. The molecular formula is C14H14ClN3S. The average Bonchev–Trinajstić information content (AvgIpc) is 3.04. The van der Waals surface area contributed by atoms with E-state index in [-0.39, 0.29) is 0 Å². The minimum atomic E-state index is 0.812. The molecule has 0 saturated heterocycles. The Balaban J connectivity index is 1.61. The number of imidazole rings is 1. The van der Waals surface area contributed by atoms with Crippen LogP contribution in [0.1, 0.15) is 4.88 Å². The minimum Gasteiger partial charge on any atom is -0.336 e. The molecule has 5 heteroatoms. The number of hydrogen-bond acceptors (Lipinski definition) is 3. The Morgan fingerprint density at radius 1 is 1.32 bits per heavy atom. The molecule has 0 aliphatic carbocycles. The third-order valence-electron chi connectivity index (χ3n) is 2.99. The lowest BCUT2D eigenvalue weighted by atomic mass is 10.2. The van der Waals surface area contributed by atoms with Crippen LogP contribution in [0, 0.1) is 0 Å². The molecule has 3 rings (SSSR count). The number of aromatic nitrogens is 2. The first kappa shape index (κ1) is 12.7. The number of nitrogens with one attached hydrogen (secondary N) is 1. The van der Waals surface area contributed by atoms with E-state index < -0.39 is 0 Å². The third-order valence-corrected chi connectivity index (χ3v) is 4.71. The van der Waals surface area contributed by atoms with E-state index in [9.17, 15) is 0 Å². The maximum absolute atomic E-state index is 6.39.